The van der Waals surface area contributed by atoms with Gasteiger partial charge in [-0.1, -0.05) is 0 Å². The highest BCUT2D eigenvalue weighted by Crippen LogP contribution is 2.25. The maximum atomic E-state index is 10.9. The zero-order chi connectivity index (χ0) is 8.72. The zero-order valence-electron chi connectivity index (χ0n) is 6.40. The lowest BCUT2D eigenvalue weighted by Gasteiger charge is -2.23. The van der Waals surface area contributed by atoms with E-state index in [4.69, 9.17) is 9.84 Å². The van der Waals surface area contributed by atoms with Gasteiger partial charge in [-0.05, 0) is 0 Å². The molecule has 1 amide bonds. The second kappa shape index (κ2) is 2.36. The number of carboxylic acids is 1. The fourth-order valence-corrected chi connectivity index (χ4v) is 1.68. The van der Waals surface area contributed by atoms with Crippen LogP contribution in [-0.2, 0) is 9.53 Å². The van der Waals surface area contributed by atoms with Crippen molar-refractivity contribution >= 4 is 12.1 Å². The first-order chi connectivity index (χ1) is 5.66. The number of carboxylic acid groups (broad SMARTS) is 1. The summed E-state index contributed by atoms with van der Waals surface area (Å²) < 4.78 is 4.89. The first kappa shape index (κ1) is 7.39. The smallest absolute Gasteiger partial charge is 0.410 e. The number of fused-ring (bicyclic) bond motifs is 2. The highest BCUT2D eigenvalue weighted by atomic mass is 16.6. The molecule has 0 saturated carbocycles. The van der Waals surface area contributed by atoms with Crippen LogP contribution in [0.1, 0.15) is 6.42 Å². The molecule has 0 spiro atoms. The van der Waals surface area contributed by atoms with E-state index in [1.165, 1.54) is 4.90 Å². The van der Waals surface area contributed by atoms with E-state index in [1.54, 1.807) is 0 Å². The molecule has 0 aromatic heterocycles. The molecule has 1 N–H and O–H groups in total. The summed E-state index contributed by atoms with van der Waals surface area (Å²) in [6.07, 6.45) is -0.117. The first-order valence-electron chi connectivity index (χ1n) is 3.85. The molecular formula is C7H9NO4. The van der Waals surface area contributed by atoms with E-state index >= 15 is 0 Å². The van der Waals surface area contributed by atoms with E-state index in [9.17, 15) is 9.59 Å². The van der Waals surface area contributed by atoms with Crippen LogP contribution in [0.3, 0.4) is 0 Å². The number of hydrogen-bond donors (Lipinski definition) is 1. The topological polar surface area (TPSA) is 66.8 Å². The molecule has 2 heterocycles. The number of piperidine rings is 1. The maximum absolute atomic E-state index is 10.9. The molecular weight excluding hydrogens is 162 g/mol. The van der Waals surface area contributed by atoms with Gasteiger partial charge < -0.3 is 14.7 Å². The van der Waals surface area contributed by atoms with Crippen molar-refractivity contribution in [1.29, 1.82) is 0 Å². The van der Waals surface area contributed by atoms with E-state index in [0.29, 0.717) is 19.5 Å². The first-order valence-corrected chi connectivity index (χ1v) is 3.85. The standard InChI is InChI=1S/C7H9NO4/c9-6(10)4-1-5-3-8(2-4)7(11)12-5/h4-5H,1-3H2,(H,9,10)/t4-,5-/m0/s1. The van der Waals surface area contributed by atoms with Crippen LogP contribution in [0.2, 0.25) is 0 Å². The monoisotopic (exact) mass is 171 g/mol. The van der Waals surface area contributed by atoms with Gasteiger partial charge in [-0.15, -0.1) is 0 Å². The summed E-state index contributed by atoms with van der Waals surface area (Å²) in [5.74, 6) is -1.29. The second-order valence-electron chi connectivity index (χ2n) is 3.18. The van der Waals surface area contributed by atoms with Crippen LogP contribution >= 0.6 is 0 Å². The summed E-state index contributed by atoms with van der Waals surface area (Å²) in [5.41, 5.74) is 0. The molecule has 5 nitrogen and oxygen atoms in total. The summed E-state index contributed by atoms with van der Waals surface area (Å²) in [5, 5.41) is 8.69. The van der Waals surface area contributed by atoms with Crippen molar-refractivity contribution in [2.24, 2.45) is 5.92 Å². The molecule has 2 fully saturated rings. The molecule has 2 atom stereocenters. The molecule has 0 aliphatic carbocycles. The minimum absolute atomic E-state index is 0.202. The Morgan fingerprint density at radius 2 is 2.33 bits per heavy atom. The van der Waals surface area contributed by atoms with Crippen LogP contribution in [0.5, 0.6) is 0 Å². The summed E-state index contributed by atoms with van der Waals surface area (Å²) in [6.45, 7) is 0.854. The van der Waals surface area contributed by atoms with Crippen molar-refractivity contribution in [3.8, 4) is 0 Å². The predicted octanol–water partition coefficient (Wildman–Crippen LogP) is -0.0883. The van der Waals surface area contributed by atoms with Gasteiger partial charge in [0.05, 0.1) is 12.5 Å². The molecule has 2 saturated heterocycles. The summed E-state index contributed by atoms with van der Waals surface area (Å²) in [4.78, 5) is 23.0. The van der Waals surface area contributed by atoms with Crippen LogP contribution in [0.25, 0.3) is 0 Å². The zero-order valence-corrected chi connectivity index (χ0v) is 6.40. The van der Waals surface area contributed by atoms with Crippen LogP contribution in [0, 0.1) is 5.92 Å². The third-order valence-electron chi connectivity index (χ3n) is 2.29. The number of aliphatic carboxylic acids is 1. The summed E-state index contributed by atoms with van der Waals surface area (Å²) in [7, 11) is 0. The van der Waals surface area contributed by atoms with Crippen molar-refractivity contribution < 1.29 is 19.4 Å². The molecule has 0 radical (unpaired) electrons. The quantitative estimate of drug-likeness (QED) is 0.598. The van der Waals surface area contributed by atoms with Crippen LogP contribution in [-0.4, -0.2) is 41.3 Å². The van der Waals surface area contributed by atoms with E-state index < -0.39 is 11.9 Å². The molecule has 66 valence electrons. The molecule has 2 aliphatic heterocycles. The number of carbonyl (C=O) groups is 2. The number of amides is 1. The normalized spacial score (nSPS) is 33.3. The van der Waals surface area contributed by atoms with E-state index in [0.717, 1.165) is 0 Å². The summed E-state index contributed by atoms with van der Waals surface area (Å²) in [6, 6.07) is 0. The summed E-state index contributed by atoms with van der Waals surface area (Å²) >= 11 is 0. The predicted molar refractivity (Wildman–Crippen MR) is 37.6 cm³/mol. The molecule has 12 heavy (non-hydrogen) atoms. The van der Waals surface area contributed by atoms with Gasteiger partial charge in [0.1, 0.15) is 6.10 Å². The highest BCUT2D eigenvalue weighted by molar-refractivity contribution is 5.75. The van der Waals surface area contributed by atoms with Crippen molar-refractivity contribution in [2.45, 2.75) is 12.5 Å². The Hall–Kier alpha value is -1.26. The molecule has 2 bridgehead atoms. The fourth-order valence-electron chi connectivity index (χ4n) is 1.68. The van der Waals surface area contributed by atoms with Gasteiger partial charge in [-0.3, -0.25) is 4.79 Å². The second-order valence-corrected chi connectivity index (χ2v) is 3.18. The van der Waals surface area contributed by atoms with E-state index in [2.05, 4.69) is 0 Å². The maximum Gasteiger partial charge on any atom is 0.410 e. The Kier molecular flexibility index (Phi) is 1.46. The highest BCUT2D eigenvalue weighted by Gasteiger charge is 2.41. The molecule has 0 aromatic rings. The van der Waals surface area contributed by atoms with Gasteiger partial charge in [-0.2, -0.15) is 0 Å². The third-order valence-corrected chi connectivity index (χ3v) is 2.29. The van der Waals surface area contributed by atoms with Gasteiger partial charge in [0.2, 0.25) is 0 Å². The fraction of sp³-hybridized carbons (Fsp3) is 0.714. The van der Waals surface area contributed by atoms with E-state index in [-0.39, 0.29) is 12.2 Å². The molecule has 0 aromatic carbocycles. The Labute approximate surface area is 68.9 Å². The van der Waals surface area contributed by atoms with Crippen LogP contribution < -0.4 is 0 Å². The number of hydrogen-bond acceptors (Lipinski definition) is 3. The Bertz CT molecular complexity index is 240. The minimum atomic E-state index is -0.844. The van der Waals surface area contributed by atoms with E-state index in [1.807, 2.05) is 0 Å². The number of carbonyl (C=O) groups excluding carboxylic acids is 1. The third kappa shape index (κ3) is 1.01. The minimum Gasteiger partial charge on any atom is -0.481 e. The largest absolute Gasteiger partial charge is 0.481 e. The van der Waals surface area contributed by atoms with Gasteiger partial charge in [0, 0.05) is 13.0 Å². The molecule has 0 unspecified atom stereocenters. The lowest BCUT2D eigenvalue weighted by Crippen LogP contribution is -2.39. The van der Waals surface area contributed by atoms with Crippen LogP contribution in [0.4, 0.5) is 4.79 Å². The Morgan fingerprint density at radius 3 is 2.92 bits per heavy atom. The molecule has 5 heteroatoms. The SMILES string of the molecule is O=C(O)[C@H]1C[C@H]2CN(C1)C(=O)O2. The lowest BCUT2D eigenvalue weighted by atomic mass is 9.97. The van der Waals surface area contributed by atoms with Gasteiger partial charge >= 0.3 is 12.1 Å². The average Bonchev–Trinajstić information content (AvgIpc) is 2.26. The number of rotatable bonds is 1. The van der Waals surface area contributed by atoms with Gasteiger partial charge in [0.15, 0.2) is 0 Å². The van der Waals surface area contributed by atoms with Crippen molar-refractivity contribution in [3.05, 3.63) is 0 Å². The van der Waals surface area contributed by atoms with Crippen molar-refractivity contribution in [2.75, 3.05) is 13.1 Å². The molecule has 2 rings (SSSR count). The van der Waals surface area contributed by atoms with Gasteiger partial charge in [-0.25, -0.2) is 4.79 Å². The number of nitrogens with zero attached hydrogens (tertiary/aromatic N) is 1. The number of ether oxygens (including phenoxy) is 1. The van der Waals surface area contributed by atoms with Gasteiger partial charge in [0.25, 0.3) is 0 Å². The van der Waals surface area contributed by atoms with Crippen molar-refractivity contribution in [3.63, 3.8) is 0 Å². The average molecular weight is 171 g/mol. The van der Waals surface area contributed by atoms with Crippen molar-refractivity contribution in [1.82, 2.24) is 4.90 Å². The molecule has 2 aliphatic rings. The Morgan fingerprint density at radius 1 is 1.58 bits per heavy atom. The van der Waals surface area contributed by atoms with Crippen LogP contribution in [0.15, 0.2) is 0 Å². The Balaban J connectivity index is 2.10. The lowest BCUT2D eigenvalue weighted by molar-refractivity contribution is -0.143.